The van der Waals surface area contributed by atoms with Gasteiger partial charge in [-0.25, -0.2) is 4.79 Å². The third-order valence-corrected chi connectivity index (χ3v) is 1.82. The van der Waals surface area contributed by atoms with Crippen molar-refractivity contribution in [2.75, 3.05) is 0 Å². The number of carbonyl (C=O) groups excluding carboxylic acids is 2. The molecule has 1 unspecified atom stereocenters. The first-order valence-electron chi connectivity index (χ1n) is 4.35. The van der Waals surface area contributed by atoms with Crippen LogP contribution in [0, 0.1) is 0 Å². The minimum atomic E-state index is -0.416. The van der Waals surface area contributed by atoms with Gasteiger partial charge in [0.15, 0.2) is 5.78 Å². The Morgan fingerprint density at radius 2 is 2.07 bits per heavy atom. The molecule has 0 N–H and O–H groups in total. The van der Waals surface area contributed by atoms with Crippen LogP contribution < -0.4 is 0 Å². The Labute approximate surface area is 82.7 Å². The number of carbonyl (C=O) groups is 1. The quantitative estimate of drug-likeness (QED) is 0.666. The van der Waals surface area contributed by atoms with Crippen LogP contribution in [-0.4, -0.2) is 18.4 Å². The third-order valence-electron chi connectivity index (χ3n) is 1.82. The normalized spacial score (nSPS) is 11.8. The maximum atomic E-state index is 11.5. The van der Waals surface area contributed by atoms with E-state index in [4.69, 9.17) is 0 Å². The summed E-state index contributed by atoms with van der Waals surface area (Å²) in [6, 6.07) is 8.91. The van der Waals surface area contributed by atoms with Gasteiger partial charge in [-0.2, -0.15) is 0 Å². The van der Waals surface area contributed by atoms with E-state index in [0.717, 1.165) is 0 Å². The molecule has 1 atom stereocenters. The van der Waals surface area contributed by atoms with Gasteiger partial charge in [-0.3, -0.25) is 4.79 Å². The maximum Gasteiger partial charge on any atom is 0.417 e. The molecule has 14 heavy (non-hydrogen) atoms. The monoisotopic (exact) mass is 191 g/mol. The molecule has 1 radical (unpaired) electrons. The first kappa shape index (κ1) is 10.4. The Balaban J connectivity index is 2.55. The largest absolute Gasteiger partial charge is 0.454 e. The minimum Gasteiger partial charge on any atom is -0.454 e. The van der Waals surface area contributed by atoms with Crippen LogP contribution in [0.15, 0.2) is 30.3 Å². The summed E-state index contributed by atoms with van der Waals surface area (Å²) in [5, 5.41) is 0. The highest BCUT2D eigenvalue weighted by atomic mass is 16.5. The highest BCUT2D eigenvalue weighted by molar-refractivity contribution is 5.96. The van der Waals surface area contributed by atoms with Crippen molar-refractivity contribution in [3.05, 3.63) is 35.9 Å². The van der Waals surface area contributed by atoms with Crippen molar-refractivity contribution in [2.24, 2.45) is 0 Å². The molecule has 0 spiro atoms. The van der Waals surface area contributed by atoms with Gasteiger partial charge in [0.05, 0.1) is 0 Å². The van der Waals surface area contributed by atoms with E-state index in [1.54, 1.807) is 31.2 Å². The highest BCUT2D eigenvalue weighted by Gasteiger charge is 2.11. The summed E-state index contributed by atoms with van der Waals surface area (Å²) in [7, 11) is 0. The van der Waals surface area contributed by atoms with Gasteiger partial charge in [0.1, 0.15) is 6.10 Å². The summed E-state index contributed by atoms with van der Waals surface area (Å²) in [4.78, 5) is 21.4. The van der Waals surface area contributed by atoms with Crippen molar-refractivity contribution in [3.8, 4) is 0 Å². The maximum absolute atomic E-state index is 11.5. The summed E-state index contributed by atoms with van der Waals surface area (Å²) >= 11 is 0. The lowest BCUT2D eigenvalue weighted by atomic mass is 10.1. The van der Waals surface area contributed by atoms with Crippen LogP contribution in [0.4, 0.5) is 0 Å². The molecule has 0 aliphatic heterocycles. The van der Waals surface area contributed by atoms with E-state index in [0.29, 0.717) is 5.56 Å². The van der Waals surface area contributed by atoms with Crippen molar-refractivity contribution in [3.63, 3.8) is 0 Å². The molecule has 0 saturated carbocycles. The molecule has 0 saturated heterocycles. The molecular formula is C11H11O3. The average molecular weight is 191 g/mol. The zero-order chi connectivity index (χ0) is 10.4. The molecular weight excluding hydrogens is 180 g/mol. The fourth-order valence-corrected chi connectivity index (χ4v) is 1.13. The number of ether oxygens (including phenoxy) is 1. The van der Waals surface area contributed by atoms with Crippen molar-refractivity contribution in [2.45, 2.75) is 19.4 Å². The Bertz CT molecular complexity index is 306. The van der Waals surface area contributed by atoms with Crippen LogP contribution in [-0.2, 0) is 9.53 Å². The highest BCUT2D eigenvalue weighted by Crippen LogP contribution is 2.06. The van der Waals surface area contributed by atoms with Gasteiger partial charge in [-0.15, -0.1) is 0 Å². The van der Waals surface area contributed by atoms with Gasteiger partial charge >= 0.3 is 6.47 Å². The number of Topliss-reactive ketones (excluding diaryl/α,β-unsaturated/α-hetero) is 1. The Hall–Kier alpha value is -1.64. The van der Waals surface area contributed by atoms with Crippen LogP contribution in [0.1, 0.15) is 23.7 Å². The lowest BCUT2D eigenvalue weighted by molar-refractivity contribution is 0.0908. The van der Waals surface area contributed by atoms with Crippen molar-refractivity contribution >= 4 is 12.3 Å². The van der Waals surface area contributed by atoms with Crippen LogP contribution in [0.5, 0.6) is 0 Å². The Morgan fingerprint density at radius 3 is 2.64 bits per heavy atom. The van der Waals surface area contributed by atoms with Gasteiger partial charge in [-0.05, 0) is 6.92 Å². The van der Waals surface area contributed by atoms with Gasteiger partial charge < -0.3 is 4.74 Å². The molecule has 1 aromatic carbocycles. The van der Waals surface area contributed by atoms with E-state index in [1.165, 1.54) is 6.47 Å². The van der Waals surface area contributed by atoms with Gasteiger partial charge in [0.25, 0.3) is 0 Å². The second-order valence-corrected chi connectivity index (χ2v) is 3.01. The van der Waals surface area contributed by atoms with Crippen LogP contribution >= 0.6 is 0 Å². The standard InChI is InChI=1S/C11H11O3/c1-9(14-8-12)7-11(13)10-5-3-2-4-6-10/h2-6,9H,7H2,1H3. The predicted octanol–water partition coefficient (Wildman–Crippen LogP) is 1.73. The van der Waals surface area contributed by atoms with E-state index in [2.05, 4.69) is 4.74 Å². The van der Waals surface area contributed by atoms with E-state index in [-0.39, 0.29) is 12.2 Å². The predicted molar refractivity (Wildman–Crippen MR) is 51.6 cm³/mol. The number of hydrogen-bond acceptors (Lipinski definition) is 3. The Morgan fingerprint density at radius 1 is 1.43 bits per heavy atom. The molecule has 0 fully saturated rings. The molecule has 3 heteroatoms. The minimum absolute atomic E-state index is 0.0339. The van der Waals surface area contributed by atoms with Gasteiger partial charge in [-0.1, -0.05) is 30.3 Å². The van der Waals surface area contributed by atoms with Crippen molar-refractivity contribution in [1.29, 1.82) is 0 Å². The van der Waals surface area contributed by atoms with E-state index in [1.807, 2.05) is 6.07 Å². The number of hydrogen-bond donors (Lipinski definition) is 0. The zero-order valence-electron chi connectivity index (χ0n) is 7.90. The second-order valence-electron chi connectivity index (χ2n) is 3.01. The lowest BCUT2D eigenvalue weighted by Crippen LogP contribution is -2.13. The number of rotatable bonds is 5. The molecule has 0 bridgehead atoms. The average Bonchev–Trinajstić information content (AvgIpc) is 2.19. The molecule has 1 aromatic rings. The summed E-state index contributed by atoms with van der Waals surface area (Å²) in [5.41, 5.74) is 0.633. The van der Waals surface area contributed by atoms with E-state index < -0.39 is 6.10 Å². The van der Waals surface area contributed by atoms with Crippen molar-refractivity contribution in [1.82, 2.24) is 0 Å². The van der Waals surface area contributed by atoms with E-state index >= 15 is 0 Å². The van der Waals surface area contributed by atoms with Crippen LogP contribution in [0.2, 0.25) is 0 Å². The molecule has 0 heterocycles. The SMILES string of the molecule is CC(CC(=O)c1ccccc1)O[C]=O. The summed E-state index contributed by atoms with van der Waals surface area (Å²) in [5.74, 6) is -0.0339. The summed E-state index contributed by atoms with van der Waals surface area (Å²) < 4.78 is 4.51. The summed E-state index contributed by atoms with van der Waals surface area (Å²) in [6.45, 7) is 2.98. The first-order chi connectivity index (χ1) is 6.74. The van der Waals surface area contributed by atoms with Gasteiger partial charge in [0.2, 0.25) is 0 Å². The fraction of sp³-hybridized carbons (Fsp3) is 0.273. The Kier molecular flexibility index (Phi) is 3.85. The fourth-order valence-electron chi connectivity index (χ4n) is 1.13. The molecule has 73 valence electrons. The van der Waals surface area contributed by atoms with E-state index in [9.17, 15) is 9.59 Å². The third kappa shape index (κ3) is 3.01. The second kappa shape index (κ2) is 5.17. The molecule has 0 aromatic heterocycles. The molecule has 3 nitrogen and oxygen atoms in total. The molecule has 0 amide bonds. The zero-order valence-corrected chi connectivity index (χ0v) is 7.90. The number of ketones is 1. The number of benzene rings is 1. The molecule has 0 aliphatic carbocycles. The van der Waals surface area contributed by atoms with Gasteiger partial charge in [0, 0.05) is 12.0 Å². The van der Waals surface area contributed by atoms with Crippen LogP contribution in [0.3, 0.4) is 0 Å². The van der Waals surface area contributed by atoms with Crippen molar-refractivity contribution < 1.29 is 14.3 Å². The lowest BCUT2D eigenvalue weighted by Gasteiger charge is -2.06. The summed E-state index contributed by atoms with van der Waals surface area (Å²) in [6.07, 6.45) is -0.223. The van der Waals surface area contributed by atoms with Crippen LogP contribution in [0.25, 0.3) is 0 Å². The first-order valence-corrected chi connectivity index (χ1v) is 4.35. The topological polar surface area (TPSA) is 43.4 Å². The smallest absolute Gasteiger partial charge is 0.417 e. The molecule has 1 rings (SSSR count). The molecule has 0 aliphatic rings.